The van der Waals surface area contributed by atoms with Crippen molar-refractivity contribution in [3.05, 3.63) is 0 Å². The molecule has 0 bridgehead atoms. The van der Waals surface area contributed by atoms with Crippen LogP contribution in [0, 0.1) is 16.7 Å². The van der Waals surface area contributed by atoms with Gasteiger partial charge in [-0.15, -0.1) is 11.6 Å². The molecule has 0 spiro atoms. The number of alkyl halides is 1. The lowest BCUT2D eigenvalue weighted by molar-refractivity contribution is 0.0999. The van der Waals surface area contributed by atoms with Gasteiger partial charge >= 0.3 is 0 Å². The van der Waals surface area contributed by atoms with Crippen LogP contribution in [-0.2, 0) is 0 Å². The Kier molecular flexibility index (Phi) is 5.51. The fourth-order valence-corrected chi connectivity index (χ4v) is 3.90. The van der Waals surface area contributed by atoms with E-state index in [-0.39, 0.29) is 0 Å². The van der Waals surface area contributed by atoms with Crippen LogP contribution in [0.3, 0.4) is 0 Å². The van der Waals surface area contributed by atoms with Crippen molar-refractivity contribution in [1.29, 1.82) is 0 Å². The van der Waals surface area contributed by atoms with Crippen LogP contribution in [0.5, 0.6) is 0 Å². The third kappa shape index (κ3) is 3.84. The van der Waals surface area contributed by atoms with E-state index in [1.54, 1.807) is 0 Å². The SMILES string of the molecule is CSCCC1(CCl)CCC(C(C)(C)C)CC1. The van der Waals surface area contributed by atoms with E-state index in [1.807, 2.05) is 11.8 Å². The maximum Gasteiger partial charge on any atom is 0.0280 e. The van der Waals surface area contributed by atoms with Crippen LogP contribution in [0.2, 0.25) is 0 Å². The molecule has 0 aromatic carbocycles. The van der Waals surface area contributed by atoms with Crippen molar-refractivity contribution in [3.63, 3.8) is 0 Å². The number of halogens is 1. The number of thioether (sulfide) groups is 1. The summed E-state index contributed by atoms with van der Waals surface area (Å²) < 4.78 is 0. The van der Waals surface area contributed by atoms with Crippen molar-refractivity contribution in [2.75, 3.05) is 17.9 Å². The zero-order chi connectivity index (χ0) is 12.2. The lowest BCUT2D eigenvalue weighted by Gasteiger charge is -2.43. The van der Waals surface area contributed by atoms with E-state index in [0.717, 1.165) is 11.8 Å². The van der Waals surface area contributed by atoms with Gasteiger partial charge in [-0.1, -0.05) is 20.8 Å². The van der Waals surface area contributed by atoms with Crippen LogP contribution in [0.1, 0.15) is 52.9 Å². The molecule has 1 fully saturated rings. The summed E-state index contributed by atoms with van der Waals surface area (Å²) in [5.41, 5.74) is 0.949. The van der Waals surface area contributed by atoms with E-state index >= 15 is 0 Å². The average molecular weight is 263 g/mol. The van der Waals surface area contributed by atoms with Crippen LogP contribution in [0.25, 0.3) is 0 Å². The van der Waals surface area contributed by atoms with E-state index in [9.17, 15) is 0 Å². The second-order valence-corrected chi connectivity index (χ2v) is 7.77. The Bertz CT molecular complexity index is 199. The highest BCUT2D eigenvalue weighted by atomic mass is 35.5. The molecule has 0 atom stereocenters. The molecule has 96 valence electrons. The van der Waals surface area contributed by atoms with Crippen LogP contribution >= 0.6 is 23.4 Å². The monoisotopic (exact) mass is 262 g/mol. The topological polar surface area (TPSA) is 0 Å². The average Bonchev–Trinajstić information content (AvgIpc) is 2.26. The summed E-state index contributed by atoms with van der Waals surface area (Å²) in [6.07, 6.45) is 8.96. The van der Waals surface area contributed by atoms with Crippen LogP contribution < -0.4 is 0 Å². The minimum absolute atomic E-state index is 0.465. The van der Waals surface area contributed by atoms with E-state index in [4.69, 9.17) is 11.6 Å². The Balaban J connectivity index is 2.50. The van der Waals surface area contributed by atoms with Gasteiger partial charge < -0.3 is 0 Å². The Morgan fingerprint density at radius 1 is 1.25 bits per heavy atom. The van der Waals surface area contributed by atoms with E-state index in [1.165, 1.54) is 37.9 Å². The molecule has 0 heterocycles. The first kappa shape index (κ1) is 14.7. The van der Waals surface area contributed by atoms with Gasteiger partial charge in [0, 0.05) is 5.88 Å². The van der Waals surface area contributed by atoms with Gasteiger partial charge in [-0.25, -0.2) is 0 Å². The van der Waals surface area contributed by atoms with E-state index in [0.29, 0.717) is 10.8 Å². The smallest absolute Gasteiger partial charge is 0.0280 e. The molecule has 0 aromatic rings. The third-order valence-corrected chi connectivity index (χ3v) is 5.57. The lowest BCUT2D eigenvalue weighted by atomic mass is 9.64. The number of hydrogen-bond donors (Lipinski definition) is 0. The first-order valence-corrected chi connectivity index (χ1v) is 8.41. The maximum atomic E-state index is 6.23. The molecule has 0 unspecified atom stereocenters. The zero-order valence-electron chi connectivity index (χ0n) is 11.3. The van der Waals surface area contributed by atoms with Crippen LogP contribution in [0.15, 0.2) is 0 Å². The molecule has 0 aliphatic heterocycles. The second-order valence-electron chi connectivity index (χ2n) is 6.52. The molecule has 1 saturated carbocycles. The first-order chi connectivity index (χ1) is 7.43. The number of hydrogen-bond acceptors (Lipinski definition) is 1. The summed E-state index contributed by atoms with van der Waals surface area (Å²) in [6.45, 7) is 7.15. The molecular weight excluding hydrogens is 236 g/mol. The largest absolute Gasteiger partial charge is 0.165 e. The minimum atomic E-state index is 0.465. The Hall–Kier alpha value is 0.640. The summed E-state index contributed by atoms with van der Waals surface area (Å²) in [5, 5.41) is 0. The Morgan fingerprint density at radius 2 is 1.81 bits per heavy atom. The van der Waals surface area contributed by atoms with E-state index < -0.39 is 0 Å². The van der Waals surface area contributed by atoms with E-state index in [2.05, 4.69) is 27.0 Å². The highest BCUT2D eigenvalue weighted by molar-refractivity contribution is 7.98. The predicted octanol–water partition coefficient (Wildman–Crippen LogP) is 5.20. The van der Waals surface area contributed by atoms with Gasteiger partial charge in [-0.2, -0.15) is 11.8 Å². The fourth-order valence-electron chi connectivity index (χ4n) is 2.87. The van der Waals surface area contributed by atoms with Crippen molar-refractivity contribution in [1.82, 2.24) is 0 Å². The molecule has 0 aromatic heterocycles. The van der Waals surface area contributed by atoms with Gasteiger partial charge in [0.25, 0.3) is 0 Å². The maximum absolute atomic E-state index is 6.23. The fraction of sp³-hybridized carbons (Fsp3) is 1.00. The van der Waals surface area contributed by atoms with Crippen molar-refractivity contribution in [2.24, 2.45) is 16.7 Å². The third-order valence-electron chi connectivity index (χ3n) is 4.39. The Morgan fingerprint density at radius 3 is 2.19 bits per heavy atom. The molecular formula is C14H27ClS. The van der Waals surface area contributed by atoms with Crippen LogP contribution in [-0.4, -0.2) is 17.9 Å². The van der Waals surface area contributed by atoms with Gasteiger partial charge in [0.15, 0.2) is 0 Å². The molecule has 1 aliphatic rings. The zero-order valence-corrected chi connectivity index (χ0v) is 12.9. The van der Waals surface area contributed by atoms with Crippen molar-refractivity contribution in [3.8, 4) is 0 Å². The van der Waals surface area contributed by atoms with Crippen LogP contribution in [0.4, 0.5) is 0 Å². The highest BCUT2D eigenvalue weighted by Crippen LogP contribution is 2.47. The van der Waals surface area contributed by atoms with Gasteiger partial charge in [-0.3, -0.25) is 0 Å². The minimum Gasteiger partial charge on any atom is -0.165 e. The van der Waals surface area contributed by atoms with Crippen molar-refractivity contribution >= 4 is 23.4 Å². The first-order valence-electron chi connectivity index (χ1n) is 6.48. The van der Waals surface area contributed by atoms with Gasteiger partial charge in [0.05, 0.1) is 0 Å². The lowest BCUT2D eigenvalue weighted by Crippen LogP contribution is -2.34. The van der Waals surface area contributed by atoms with Crippen molar-refractivity contribution in [2.45, 2.75) is 52.9 Å². The standard InChI is InChI=1S/C14H27ClS/c1-13(2,3)12-5-7-14(11-15,8-6-12)9-10-16-4/h12H,5-11H2,1-4H3. The molecule has 0 nitrogen and oxygen atoms in total. The Labute approximate surface area is 111 Å². The van der Waals surface area contributed by atoms with Gasteiger partial charge in [0.1, 0.15) is 0 Å². The molecule has 0 amide bonds. The highest BCUT2D eigenvalue weighted by Gasteiger charge is 2.37. The molecule has 0 saturated heterocycles. The normalized spacial score (nSPS) is 31.7. The molecule has 16 heavy (non-hydrogen) atoms. The second kappa shape index (κ2) is 6.00. The summed E-state index contributed by atoms with van der Waals surface area (Å²) in [6, 6.07) is 0. The van der Waals surface area contributed by atoms with Gasteiger partial charge in [-0.05, 0) is 60.9 Å². The van der Waals surface area contributed by atoms with Gasteiger partial charge in [0.2, 0.25) is 0 Å². The summed E-state index contributed by atoms with van der Waals surface area (Å²) >= 11 is 8.18. The predicted molar refractivity (Wildman–Crippen MR) is 77.6 cm³/mol. The molecule has 1 rings (SSSR count). The molecule has 2 heteroatoms. The summed E-state index contributed by atoms with van der Waals surface area (Å²) in [4.78, 5) is 0. The quantitative estimate of drug-likeness (QED) is 0.628. The molecule has 1 aliphatic carbocycles. The molecule has 0 N–H and O–H groups in total. The van der Waals surface area contributed by atoms with Crippen molar-refractivity contribution < 1.29 is 0 Å². The number of rotatable bonds is 4. The summed E-state index contributed by atoms with van der Waals surface area (Å²) in [5.74, 6) is 3.04. The molecule has 0 radical (unpaired) electrons. The summed E-state index contributed by atoms with van der Waals surface area (Å²) in [7, 11) is 0.